The first kappa shape index (κ1) is 26.6. The molecular weight excluding hydrogens is 532 g/mol. The van der Waals surface area contributed by atoms with Crippen molar-refractivity contribution in [1.82, 2.24) is 4.57 Å². The Morgan fingerprint density at radius 1 is 1.03 bits per heavy atom. The number of benzene rings is 3. The molecule has 0 aliphatic carbocycles. The minimum Gasteiger partial charge on any atom is -0.492 e. The van der Waals surface area contributed by atoms with E-state index in [1.807, 2.05) is 30.3 Å². The minimum absolute atomic E-state index is 0.135. The Balaban J connectivity index is 1.49. The third kappa shape index (κ3) is 6.10. The van der Waals surface area contributed by atoms with Gasteiger partial charge in [-0.3, -0.25) is 9.36 Å². The second-order valence-electron chi connectivity index (χ2n) is 7.92. The number of aliphatic carboxylic acids is 2. The Labute approximate surface area is 225 Å². The minimum atomic E-state index is -1.52. The van der Waals surface area contributed by atoms with Crippen molar-refractivity contribution in [1.29, 1.82) is 0 Å². The molecule has 0 unspecified atom stereocenters. The third-order valence-corrected chi connectivity index (χ3v) is 6.63. The summed E-state index contributed by atoms with van der Waals surface area (Å²) >= 11 is 7.26. The van der Waals surface area contributed by atoms with Crippen molar-refractivity contribution < 1.29 is 29.4 Å². The van der Waals surface area contributed by atoms with Gasteiger partial charge in [0.05, 0.1) is 16.8 Å². The monoisotopic (exact) mass is 552 g/mol. The average Bonchev–Trinajstić information content (AvgIpc) is 3.20. The maximum absolute atomic E-state index is 12.7. The molecule has 0 atom stereocenters. The zero-order valence-electron chi connectivity index (χ0n) is 20.0. The summed E-state index contributed by atoms with van der Waals surface area (Å²) in [5.74, 6) is -2.55. The van der Waals surface area contributed by atoms with E-state index in [2.05, 4.69) is 5.16 Å². The quantitative estimate of drug-likeness (QED) is 0.0955. The van der Waals surface area contributed by atoms with Crippen molar-refractivity contribution >= 4 is 56.9 Å². The fourth-order valence-electron chi connectivity index (χ4n) is 3.72. The van der Waals surface area contributed by atoms with E-state index in [4.69, 9.17) is 31.4 Å². The summed E-state index contributed by atoms with van der Waals surface area (Å²) in [6.45, 7) is 0.506. The number of oxime groups is 1. The molecule has 0 bridgehead atoms. The summed E-state index contributed by atoms with van der Waals surface area (Å²) < 4.78 is 8.15. The lowest BCUT2D eigenvalue weighted by Gasteiger charge is -2.09. The second kappa shape index (κ2) is 11.8. The Hall–Kier alpha value is -4.41. The van der Waals surface area contributed by atoms with Gasteiger partial charge in [0.2, 0.25) is 0 Å². The fraction of sp³-hybridized carbons (Fsp3) is 0.111. The molecule has 0 saturated heterocycles. The lowest BCUT2D eigenvalue weighted by molar-refractivity contribution is -0.140. The lowest BCUT2D eigenvalue weighted by Crippen LogP contribution is -2.17. The molecular formula is C27H21ClN2O7S. The highest BCUT2D eigenvalue weighted by Crippen LogP contribution is 2.23. The first-order chi connectivity index (χ1) is 18.3. The Morgan fingerprint density at radius 2 is 1.74 bits per heavy atom. The highest BCUT2D eigenvalue weighted by atomic mass is 35.5. The summed E-state index contributed by atoms with van der Waals surface area (Å²) in [6.07, 6.45) is 1.06. The number of carbonyl (C=O) groups is 2. The van der Waals surface area contributed by atoms with Crippen molar-refractivity contribution in [3.8, 4) is 5.75 Å². The van der Waals surface area contributed by atoms with E-state index in [0.29, 0.717) is 28.6 Å². The maximum Gasteiger partial charge on any atom is 0.343 e. The second-order valence-corrected chi connectivity index (χ2v) is 9.35. The molecule has 0 aliphatic heterocycles. The number of thiazole rings is 1. The van der Waals surface area contributed by atoms with Crippen molar-refractivity contribution in [2.75, 3.05) is 13.7 Å². The molecule has 0 fully saturated rings. The van der Waals surface area contributed by atoms with Crippen LogP contribution in [-0.2, 0) is 21.0 Å². The van der Waals surface area contributed by atoms with Gasteiger partial charge in [-0.1, -0.05) is 58.4 Å². The van der Waals surface area contributed by atoms with Gasteiger partial charge < -0.3 is 19.8 Å². The molecule has 3 aromatic carbocycles. The summed E-state index contributed by atoms with van der Waals surface area (Å²) in [6, 6.07) is 19.1. The van der Waals surface area contributed by atoms with Crippen molar-refractivity contribution in [2.24, 2.45) is 5.16 Å². The molecule has 38 heavy (non-hydrogen) atoms. The van der Waals surface area contributed by atoms with Crippen molar-refractivity contribution in [2.45, 2.75) is 6.54 Å². The number of hydrogen-bond acceptors (Lipinski definition) is 7. The van der Waals surface area contributed by atoms with Crippen LogP contribution in [0.5, 0.6) is 5.75 Å². The summed E-state index contributed by atoms with van der Waals surface area (Å²) in [4.78, 5) is 39.7. The van der Waals surface area contributed by atoms with E-state index in [-0.39, 0.29) is 11.5 Å². The van der Waals surface area contributed by atoms with Crippen LogP contribution in [0, 0.1) is 0 Å². The van der Waals surface area contributed by atoms with Gasteiger partial charge in [-0.15, -0.1) is 0 Å². The molecule has 2 N–H and O–H groups in total. The van der Waals surface area contributed by atoms with E-state index < -0.39 is 17.5 Å². The van der Waals surface area contributed by atoms with Gasteiger partial charge in [-0.25, -0.2) is 9.59 Å². The number of aromatic nitrogens is 1. The van der Waals surface area contributed by atoms with Crippen LogP contribution in [0.1, 0.15) is 16.7 Å². The van der Waals surface area contributed by atoms with Crippen LogP contribution in [-0.4, -0.2) is 46.1 Å². The number of nitrogens with zero attached hydrogens (tertiary/aromatic N) is 2. The van der Waals surface area contributed by atoms with Crippen LogP contribution < -0.4 is 9.61 Å². The van der Waals surface area contributed by atoms with Crippen LogP contribution in [0.25, 0.3) is 16.3 Å². The molecule has 4 aromatic rings. The standard InChI is InChI=1S/C27H21ClN2O7S/c1-36-29-24(17-3-2-4-19(28)14-17)18-7-10-22-23(15-18)38-27(35)30(22)11-12-37-20-8-5-16(6-9-20)13-21(25(31)32)26(33)34/h2-10,13-15H,11-12H2,1H3,(H,31,32)(H,33,34). The van der Waals surface area contributed by atoms with Crippen LogP contribution >= 0.6 is 22.9 Å². The molecule has 0 radical (unpaired) electrons. The number of carboxylic acids is 2. The molecule has 194 valence electrons. The summed E-state index contributed by atoms with van der Waals surface area (Å²) in [5, 5.41) is 22.7. The number of fused-ring (bicyclic) bond motifs is 1. The van der Waals surface area contributed by atoms with Gasteiger partial charge in [0, 0.05) is 16.1 Å². The number of carboxylic acid groups (broad SMARTS) is 2. The number of hydrogen-bond donors (Lipinski definition) is 2. The van der Waals surface area contributed by atoms with E-state index in [1.54, 1.807) is 41.0 Å². The molecule has 0 saturated carbocycles. The van der Waals surface area contributed by atoms with Gasteiger partial charge in [0.1, 0.15) is 30.8 Å². The molecule has 9 nitrogen and oxygen atoms in total. The van der Waals surface area contributed by atoms with Crippen LogP contribution in [0.15, 0.2) is 82.3 Å². The molecule has 4 rings (SSSR count). The fourth-order valence-corrected chi connectivity index (χ4v) is 4.87. The molecule has 0 aliphatic rings. The van der Waals surface area contributed by atoms with E-state index in [9.17, 15) is 14.4 Å². The number of ether oxygens (including phenoxy) is 1. The van der Waals surface area contributed by atoms with Gasteiger partial charge in [0.15, 0.2) is 0 Å². The highest BCUT2D eigenvalue weighted by molar-refractivity contribution is 7.16. The Morgan fingerprint density at radius 3 is 2.39 bits per heavy atom. The van der Waals surface area contributed by atoms with Gasteiger partial charge >= 0.3 is 16.8 Å². The maximum atomic E-state index is 12.7. The first-order valence-corrected chi connectivity index (χ1v) is 12.4. The van der Waals surface area contributed by atoms with Crippen molar-refractivity contribution in [3.05, 3.63) is 104 Å². The van der Waals surface area contributed by atoms with Crippen molar-refractivity contribution in [3.63, 3.8) is 0 Å². The Kier molecular flexibility index (Phi) is 8.25. The topological polar surface area (TPSA) is 127 Å². The summed E-state index contributed by atoms with van der Waals surface area (Å²) in [7, 11) is 1.46. The molecule has 0 amide bonds. The van der Waals surface area contributed by atoms with Crippen LogP contribution in [0.3, 0.4) is 0 Å². The highest BCUT2D eigenvalue weighted by Gasteiger charge is 2.16. The third-order valence-electron chi connectivity index (χ3n) is 5.46. The van der Waals surface area contributed by atoms with Gasteiger partial charge in [-0.2, -0.15) is 0 Å². The summed E-state index contributed by atoms with van der Waals surface area (Å²) in [5.41, 5.74) is 2.56. The lowest BCUT2D eigenvalue weighted by atomic mass is 10.0. The average molecular weight is 553 g/mol. The SMILES string of the molecule is CON=C(c1cccc(Cl)c1)c1ccc2c(c1)sc(=O)n2CCOc1ccc(C=C(C(=O)O)C(=O)O)cc1. The predicted octanol–water partition coefficient (Wildman–Crippen LogP) is 4.75. The van der Waals surface area contributed by atoms with Crippen LogP contribution in [0.4, 0.5) is 0 Å². The van der Waals surface area contributed by atoms with Crippen LogP contribution in [0.2, 0.25) is 5.02 Å². The molecule has 1 aromatic heterocycles. The van der Waals surface area contributed by atoms with E-state index in [0.717, 1.165) is 38.8 Å². The number of halogens is 1. The first-order valence-electron chi connectivity index (χ1n) is 11.2. The Bertz CT molecular complexity index is 1600. The predicted molar refractivity (Wildman–Crippen MR) is 145 cm³/mol. The molecule has 11 heteroatoms. The zero-order valence-corrected chi connectivity index (χ0v) is 21.5. The molecule has 0 spiro atoms. The smallest absolute Gasteiger partial charge is 0.343 e. The van der Waals surface area contributed by atoms with E-state index in [1.165, 1.54) is 7.11 Å². The van der Waals surface area contributed by atoms with Gasteiger partial charge in [0.25, 0.3) is 0 Å². The van der Waals surface area contributed by atoms with Gasteiger partial charge in [-0.05, 0) is 48.0 Å². The largest absolute Gasteiger partial charge is 0.492 e. The van der Waals surface area contributed by atoms with E-state index >= 15 is 0 Å². The normalized spacial score (nSPS) is 11.3. The number of rotatable bonds is 10. The molecule has 1 heterocycles. The zero-order chi connectivity index (χ0) is 27.2.